The van der Waals surface area contributed by atoms with Crippen LogP contribution in [-0.4, -0.2) is 33.0 Å². The molecule has 2 aromatic rings. The van der Waals surface area contributed by atoms with Crippen molar-refractivity contribution in [3.63, 3.8) is 0 Å². The van der Waals surface area contributed by atoms with Crippen molar-refractivity contribution in [1.29, 1.82) is 0 Å². The van der Waals surface area contributed by atoms with Crippen LogP contribution in [0.25, 0.3) is 0 Å². The Morgan fingerprint density at radius 2 is 1.55 bits per heavy atom. The molecule has 7 heteroatoms. The van der Waals surface area contributed by atoms with Gasteiger partial charge in [-0.25, -0.2) is 13.1 Å². The molecule has 2 aromatic carbocycles. The third-order valence-electron chi connectivity index (χ3n) is 4.72. The summed E-state index contributed by atoms with van der Waals surface area (Å²) in [5, 5.41) is 2.97. The fourth-order valence-corrected chi connectivity index (χ4v) is 4.85. The van der Waals surface area contributed by atoms with E-state index in [0.717, 1.165) is 37.3 Å². The van der Waals surface area contributed by atoms with Crippen LogP contribution < -0.4 is 14.9 Å². The molecule has 0 aliphatic carbocycles. The second-order valence-corrected chi connectivity index (χ2v) is 10.1. The van der Waals surface area contributed by atoms with Gasteiger partial charge in [-0.15, -0.1) is 0 Å². The Balaban J connectivity index is 1.75. The minimum absolute atomic E-state index is 0.137. The maximum atomic E-state index is 12.7. The summed E-state index contributed by atoms with van der Waals surface area (Å²) in [5.74, 6) is -0.262. The number of hydrogen-bond donors (Lipinski definition) is 2. The van der Waals surface area contributed by atoms with Crippen LogP contribution >= 0.6 is 0 Å². The lowest BCUT2D eigenvalue weighted by Gasteiger charge is -2.30. The molecule has 6 nitrogen and oxygen atoms in total. The van der Waals surface area contributed by atoms with Gasteiger partial charge in [-0.05, 0) is 76.4 Å². The number of anilines is 2. The molecule has 1 saturated heterocycles. The lowest BCUT2D eigenvalue weighted by molar-refractivity contribution is 0.102. The lowest BCUT2D eigenvalue weighted by Crippen LogP contribution is -2.40. The van der Waals surface area contributed by atoms with Crippen LogP contribution in [0.15, 0.2) is 53.4 Å². The smallest absolute Gasteiger partial charge is 0.255 e. The van der Waals surface area contributed by atoms with Crippen molar-refractivity contribution in [2.75, 3.05) is 23.3 Å². The molecular weight excluding hydrogens is 386 g/mol. The fourth-order valence-electron chi connectivity index (χ4n) is 3.43. The summed E-state index contributed by atoms with van der Waals surface area (Å²) >= 11 is 0. The number of nitrogens with one attached hydrogen (secondary N) is 2. The Labute approximate surface area is 173 Å². The highest BCUT2D eigenvalue weighted by Crippen LogP contribution is 2.28. The highest BCUT2D eigenvalue weighted by Gasteiger charge is 2.22. The molecule has 0 spiro atoms. The number of benzene rings is 2. The quantitative estimate of drug-likeness (QED) is 0.774. The largest absolute Gasteiger partial charge is 0.370 e. The molecule has 0 radical (unpaired) electrons. The van der Waals surface area contributed by atoms with E-state index in [-0.39, 0.29) is 10.8 Å². The molecule has 1 amide bonds. The average molecular weight is 416 g/mol. The van der Waals surface area contributed by atoms with Crippen molar-refractivity contribution >= 4 is 27.3 Å². The van der Waals surface area contributed by atoms with Gasteiger partial charge in [0.1, 0.15) is 0 Å². The molecule has 2 N–H and O–H groups in total. The van der Waals surface area contributed by atoms with E-state index in [4.69, 9.17) is 0 Å². The summed E-state index contributed by atoms with van der Waals surface area (Å²) in [7, 11) is -3.63. The Hall–Kier alpha value is -2.38. The van der Waals surface area contributed by atoms with Crippen LogP contribution in [0.1, 0.15) is 50.4 Å². The van der Waals surface area contributed by atoms with Gasteiger partial charge in [0, 0.05) is 24.2 Å². The number of hydrogen-bond acceptors (Lipinski definition) is 4. The maximum Gasteiger partial charge on any atom is 0.255 e. The minimum atomic E-state index is -3.63. The van der Waals surface area contributed by atoms with E-state index in [1.807, 2.05) is 24.3 Å². The number of carbonyl (C=O) groups is 1. The van der Waals surface area contributed by atoms with E-state index in [2.05, 4.69) is 14.9 Å². The lowest BCUT2D eigenvalue weighted by atomic mass is 10.1. The van der Waals surface area contributed by atoms with Gasteiger partial charge in [0.05, 0.1) is 16.3 Å². The summed E-state index contributed by atoms with van der Waals surface area (Å²) in [6.07, 6.45) is 3.55. The molecule has 0 atom stereocenters. The summed E-state index contributed by atoms with van der Waals surface area (Å²) in [6.45, 7) is 7.32. The number of amides is 1. The van der Waals surface area contributed by atoms with Gasteiger partial charge in [-0.3, -0.25) is 4.79 Å². The summed E-state index contributed by atoms with van der Waals surface area (Å²) in [6, 6.07) is 13.8. The molecule has 156 valence electrons. The highest BCUT2D eigenvalue weighted by molar-refractivity contribution is 7.89. The second-order valence-electron chi connectivity index (χ2n) is 8.40. The summed E-state index contributed by atoms with van der Waals surface area (Å²) in [5.41, 5.74) is 1.63. The van der Waals surface area contributed by atoms with Crippen LogP contribution in [0.4, 0.5) is 11.4 Å². The minimum Gasteiger partial charge on any atom is -0.370 e. The van der Waals surface area contributed by atoms with Gasteiger partial charge >= 0.3 is 0 Å². The van der Waals surface area contributed by atoms with Gasteiger partial charge < -0.3 is 10.2 Å². The van der Waals surface area contributed by atoms with Crippen molar-refractivity contribution in [3.8, 4) is 0 Å². The van der Waals surface area contributed by atoms with Crippen LogP contribution in [0.5, 0.6) is 0 Å². The third-order valence-corrected chi connectivity index (χ3v) is 6.49. The van der Waals surface area contributed by atoms with Gasteiger partial charge in [-0.1, -0.05) is 12.1 Å². The second kappa shape index (κ2) is 8.55. The highest BCUT2D eigenvalue weighted by atomic mass is 32.2. The van der Waals surface area contributed by atoms with E-state index in [0.29, 0.717) is 5.56 Å². The first-order chi connectivity index (χ1) is 13.7. The van der Waals surface area contributed by atoms with Gasteiger partial charge in [0.2, 0.25) is 10.0 Å². The van der Waals surface area contributed by atoms with Crippen molar-refractivity contribution in [2.24, 2.45) is 0 Å². The number of rotatable bonds is 5. The first-order valence-corrected chi connectivity index (χ1v) is 11.4. The SMILES string of the molecule is CC(C)(C)NS(=O)(=O)c1ccc(C(=O)Nc2ccccc2N2CCCCC2)cc1. The fraction of sp³-hybridized carbons (Fsp3) is 0.409. The number of piperidine rings is 1. The van der Waals surface area contributed by atoms with Gasteiger partial charge in [0.25, 0.3) is 5.91 Å². The van der Waals surface area contributed by atoms with Crippen LogP contribution in [-0.2, 0) is 10.0 Å². The van der Waals surface area contributed by atoms with Gasteiger partial charge in [0.15, 0.2) is 0 Å². The van der Waals surface area contributed by atoms with Crippen LogP contribution in [0.3, 0.4) is 0 Å². The Morgan fingerprint density at radius 3 is 2.17 bits per heavy atom. The average Bonchev–Trinajstić information content (AvgIpc) is 2.67. The van der Waals surface area contributed by atoms with Crippen molar-refractivity contribution in [1.82, 2.24) is 4.72 Å². The number of carbonyl (C=O) groups excluding carboxylic acids is 1. The van der Waals surface area contributed by atoms with Crippen molar-refractivity contribution in [2.45, 2.75) is 50.5 Å². The summed E-state index contributed by atoms with van der Waals surface area (Å²) in [4.78, 5) is 15.2. The molecule has 1 fully saturated rings. The van der Waals surface area contributed by atoms with Crippen molar-refractivity contribution in [3.05, 3.63) is 54.1 Å². The number of sulfonamides is 1. The number of para-hydroxylation sites is 2. The molecule has 0 aromatic heterocycles. The first kappa shape index (κ1) is 21.3. The van der Waals surface area contributed by atoms with E-state index >= 15 is 0 Å². The molecule has 0 saturated carbocycles. The predicted molar refractivity (Wildman–Crippen MR) is 117 cm³/mol. The Bertz CT molecular complexity index is 958. The van der Waals surface area contributed by atoms with Crippen LogP contribution in [0, 0.1) is 0 Å². The monoisotopic (exact) mass is 415 g/mol. The molecule has 3 rings (SSSR count). The summed E-state index contributed by atoms with van der Waals surface area (Å²) < 4.78 is 27.5. The third kappa shape index (κ3) is 5.58. The molecule has 1 aliphatic heterocycles. The zero-order chi connectivity index (χ0) is 21.1. The Kier molecular flexibility index (Phi) is 6.29. The van der Waals surface area contributed by atoms with Gasteiger partial charge in [-0.2, -0.15) is 0 Å². The van der Waals surface area contributed by atoms with Crippen LogP contribution in [0.2, 0.25) is 0 Å². The topological polar surface area (TPSA) is 78.5 Å². The van der Waals surface area contributed by atoms with E-state index in [1.54, 1.807) is 20.8 Å². The predicted octanol–water partition coefficient (Wildman–Crippen LogP) is 4.01. The molecule has 1 aliphatic rings. The van der Waals surface area contributed by atoms with E-state index < -0.39 is 15.6 Å². The van der Waals surface area contributed by atoms with E-state index in [1.165, 1.54) is 30.7 Å². The molecule has 0 unspecified atom stereocenters. The maximum absolute atomic E-state index is 12.7. The molecule has 1 heterocycles. The molecule has 0 bridgehead atoms. The standard InChI is InChI=1S/C22H29N3O3S/c1-22(2,3)24-29(27,28)18-13-11-17(12-14-18)21(26)23-19-9-5-6-10-20(19)25-15-7-4-8-16-25/h5-6,9-14,24H,4,7-8,15-16H2,1-3H3,(H,23,26). The van der Waals surface area contributed by atoms with E-state index in [9.17, 15) is 13.2 Å². The zero-order valence-corrected chi connectivity index (χ0v) is 18.1. The molecule has 29 heavy (non-hydrogen) atoms. The first-order valence-electron chi connectivity index (χ1n) is 9.95. The zero-order valence-electron chi connectivity index (χ0n) is 17.2. The number of nitrogens with zero attached hydrogens (tertiary/aromatic N) is 1. The molecular formula is C22H29N3O3S. The van der Waals surface area contributed by atoms with Crippen molar-refractivity contribution < 1.29 is 13.2 Å². The normalized spacial score (nSPS) is 15.2. The Morgan fingerprint density at radius 1 is 0.931 bits per heavy atom.